The lowest BCUT2D eigenvalue weighted by Crippen LogP contribution is -2.25. The van der Waals surface area contributed by atoms with Crippen LogP contribution in [0, 0.1) is 0 Å². The van der Waals surface area contributed by atoms with E-state index in [2.05, 4.69) is 15.9 Å². The summed E-state index contributed by atoms with van der Waals surface area (Å²) in [5, 5.41) is 11.9. The first-order valence-corrected chi connectivity index (χ1v) is 6.09. The van der Waals surface area contributed by atoms with Crippen LogP contribution >= 0.6 is 27.3 Å². The third-order valence-electron chi connectivity index (χ3n) is 2.18. The molecule has 0 aromatic carbocycles. The molecule has 0 saturated heterocycles. The van der Waals surface area contributed by atoms with Gasteiger partial charge in [0.15, 0.2) is 0 Å². The van der Waals surface area contributed by atoms with E-state index in [4.69, 9.17) is 4.74 Å². The van der Waals surface area contributed by atoms with E-state index >= 15 is 0 Å². The highest BCUT2D eigenvalue weighted by Gasteiger charge is 2.24. The van der Waals surface area contributed by atoms with Crippen molar-refractivity contribution in [3.05, 3.63) is 20.8 Å². The van der Waals surface area contributed by atoms with E-state index in [1.807, 2.05) is 25.3 Å². The first-order chi connectivity index (χ1) is 6.46. The smallest absolute Gasteiger partial charge is 0.0920 e. The summed E-state index contributed by atoms with van der Waals surface area (Å²) in [6.07, 6.45) is 0.141. The van der Waals surface area contributed by atoms with Crippen LogP contribution in [0.1, 0.15) is 31.2 Å². The van der Waals surface area contributed by atoms with Gasteiger partial charge in [0.25, 0.3) is 0 Å². The largest absolute Gasteiger partial charge is 0.387 e. The molecule has 1 N–H and O–H groups in total. The van der Waals surface area contributed by atoms with Crippen molar-refractivity contribution < 1.29 is 9.84 Å². The molecule has 0 aliphatic carbocycles. The number of ether oxygens (including phenoxy) is 1. The topological polar surface area (TPSA) is 29.5 Å². The zero-order chi connectivity index (χ0) is 10.8. The molecule has 0 spiro atoms. The maximum absolute atomic E-state index is 9.96. The Kier molecular flexibility index (Phi) is 4.13. The Morgan fingerprint density at radius 3 is 2.71 bits per heavy atom. The van der Waals surface area contributed by atoms with E-state index in [1.165, 1.54) is 0 Å². The van der Waals surface area contributed by atoms with Gasteiger partial charge in [0.1, 0.15) is 0 Å². The van der Waals surface area contributed by atoms with Crippen molar-refractivity contribution in [2.24, 2.45) is 0 Å². The molecule has 80 valence electrons. The fourth-order valence-electron chi connectivity index (χ4n) is 1.18. The quantitative estimate of drug-likeness (QED) is 0.915. The standard InChI is InChI=1S/C10H15BrO2S/c1-10(2,13-3)6-8(12)9-7(11)4-5-14-9/h4-5,8,12H,6H2,1-3H3. The Bertz CT molecular complexity index is 296. The molecule has 0 aliphatic heterocycles. The summed E-state index contributed by atoms with van der Waals surface area (Å²) in [5.41, 5.74) is -0.289. The molecule has 1 rings (SSSR count). The number of methoxy groups -OCH3 is 1. The van der Waals surface area contributed by atoms with E-state index < -0.39 is 6.10 Å². The molecular weight excluding hydrogens is 264 g/mol. The van der Waals surface area contributed by atoms with Gasteiger partial charge in [-0.2, -0.15) is 0 Å². The molecule has 0 radical (unpaired) electrons. The van der Waals surface area contributed by atoms with E-state index in [0.717, 1.165) is 9.35 Å². The highest BCUT2D eigenvalue weighted by atomic mass is 79.9. The van der Waals surface area contributed by atoms with Crippen LogP contribution in [-0.4, -0.2) is 17.8 Å². The number of aliphatic hydroxyl groups is 1. The van der Waals surface area contributed by atoms with Gasteiger partial charge in [-0.25, -0.2) is 0 Å². The summed E-state index contributed by atoms with van der Waals surface area (Å²) in [5.74, 6) is 0. The molecule has 1 aromatic rings. The molecule has 0 fully saturated rings. The number of hydrogen-bond acceptors (Lipinski definition) is 3. The minimum absolute atomic E-state index is 0.289. The lowest BCUT2D eigenvalue weighted by atomic mass is 10.00. The van der Waals surface area contributed by atoms with E-state index in [1.54, 1.807) is 18.4 Å². The van der Waals surface area contributed by atoms with Crippen LogP contribution in [0.3, 0.4) is 0 Å². The van der Waals surface area contributed by atoms with Crippen molar-refractivity contribution in [3.8, 4) is 0 Å². The summed E-state index contributed by atoms with van der Waals surface area (Å²) >= 11 is 4.96. The van der Waals surface area contributed by atoms with E-state index in [0.29, 0.717) is 6.42 Å². The molecule has 0 aliphatic rings. The summed E-state index contributed by atoms with van der Waals surface area (Å²) < 4.78 is 6.25. The number of thiophene rings is 1. The van der Waals surface area contributed by atoms with Gasteiger partial charge in [-0.15, -0.1) is 11.3 Å². The van der Waals surface area contributed by atoms with Gasteiger partial charge < -0.3 is 9.84 Å². The van der Waals surface area contributed by atoms with Crippen LogP contribution < -0.4 is 0 Å². The van der Waals surface area contributed by atoms with Crippen LogP contribution in [0.15, 0.2) is 15.9 Å². The third-order valence-corrected chi connectivity index (χ3v) is 4.16. The minimum atomic E-state index is -0.459. The van der Waals surface area contributed by atoms with Gasteiger partial charge in [0, 0.05) is 22.9 Å². The molecular formula is C10H15BrO2S. The Morgan fingerprint density at radius 1 is 1.64 bits per heavy atom. The van der Waals surface area contributed by atoms with Crippen LogP contribution in [0.2, 0.25) is 0 Å². The Morgan fingerprint density at radius 2 is 2.29 bits per heavy atom. The van der Waals surface area contributed by atoms with Gasteiger partial charge >= 0.3 is 0 Å². The summed E-state index contributed by atoms with van der Waals surface area (Å²) in [7, 11) is 1.66. The fraction of sp³-hybridized carbons (Fsp3) is 0.600. The van der Waals surface area contributed by atoms with Crippen LogP contribution in [-0.2, 0) is 4.74 Å². The Balaban J connectivity index is 2.68. The molecule has 0 amide bonds. The van der Waals surface area contributed by atoms with Gasteiger partial charge in [0.05, 0.1) is 11.7 Å². The van der Waals surface area contributed by atoms with Crippen molar-refractivity contribution in [2.45, 2.75) is 32.0 Å². The molecule has 1 heterocycles. The molecule has 4 heteroatoms. The summed E-state index contributed by atoms with van der Waals surface area (Å²) in [6.45, 7) is 3.94. The van der Waals surface area contributed by atoms with Crippen molar-refractivity contribution in [1.82, 2.24) is 0 Å². The fourth-order valence-corrected chi connectivity index (χ4v) is 2.81. The second-order valence-electron chi connectivity index (χ2n) is 3.82. The van der Waals surface area contributed by atoms with Crippen molar-refractivity contribution in [1.29, 1.82) is 0 Å². The summed E-state index contributed by atoms with van der Waals surface area (Å²) in [6, 6.07) is 1.95. The Labute approximate surface area is 97.0 Å². The second-order valence-corrected chi connectivity index (χ2v) is 5.62. The molecule has 1 aromatic heterocycles. The van der Waals surface area contributed by atoms with E-state index in [9.17, 15) is 5.11 Å². The number of hydrogen-bond donors (Lipinski definition) is 1. The SMILES string of the molecule is COC(C)(C)CC(O)c1sccc1Br. The number of halogens is 1. The predicted molar refractivity (Wildman–Crippen MR) is 62.7 cm³/mol. The first kappa shape index (κ1) is 12.2. The zero-order valence-corrected chi connectivity index (χ0v) is 11.0. The number of rotatable bonds is 4. The Hall–Kier alpha value is 0.100. The molecule has 1 atom stereocenters. The highest BCUT2D eigenvalue weighted by molar-refractivity contribution is 9.10. The average molecular weight is 279 g/mol. The highest BCUT2D eigenvalue weighted by Crippen LogP contribution is 2.34. The molecule has 2 nitrogen and oxygen atoms in total. The maximum atomic E-state index is 9.96. The van der Waals surface area contributed by atoms with Crippen molar-refractivity contribution in [2.75, 3.05) is 7.11 Å². The predicted octanol–water partition coefficient (Wildman–Crippen LogP) is 3.36. The monoisotopic (exact) mass is 278 g/mol. The van der Waals surface area contributed by atoms with Gasteiger partial charge in [-0.05, 0) is 41.2 Å². The lowest BCUT2D eigenvalue weighted by molar-refractivity contribution is -0.0194. The molecule has 0 bridgehead atoms. The first-order valence-electron chi connectivity index (χ1n) is 4.42. The van der Waals surface area contributed by atoms with Crippen LogP contribution in [0.4, 0.5) is 0 Å². The van der Waals surface area contributed by atoms with Crippen LogP contribution in [0.5, 0.6) is 0 Å². The normalized spacial score (nSPS) is 14.4. The lowest BCUT2D eigenvalue weighted by Gasteiger charge is -2.25. The van der Waals surface area contributed by atoms with E-state index in [-0.39, 0.29) is 5.60 Å². The molecule has 14 heavy (non-hydrogen) atoms. The molecule has 1 unspecified atom stereocenters. The van der Waals surface area contributed by atoms with Gasteiger partial charge in [0.2, 0.25) is 0 Å². The average Bonchev–Trinajstić information content (AvgIpc) is 2.51. The van der Waals surface area contributed by atoms with Gasteiger partial charge in [-0.3, -0.25) is 0 Å². The van der Waals surface area contributed by atoms with Crippen molar-refractivity contribution >= 4 is 27.3 Å². The van der Waals surface area contributed by atoms with Gasteiger partial charge in [-0.1, -0.05) is 0 Å². The van der Waals surface area contributed by atoms with Crippen LogP contribution in [0.25, 0.3) is 0 Å². The number of aliphatic hydroxyl groups excluding tert-OH is 1. The summed E-state index contributed by atoms with van der Waals surface area (Å²) in [4.78, 5) is 0.968. The second kappa shape index (κ2) is 4.75. The van der Waals surface area contributed by atoms with Crippen molar-refractivity contribution in [3.63, 3.8) is 0 Å². The maximum Gasteiger partial charge on any atom is 0.0920 e. The minimum Gasteiger partial charge on any atom is -0.387 e. The zero-order valence-electron chi connectivity index (χ0n) is 8.58. The third kappa shape index (κ3) is 3.05. The molecule has 0 saturated carbocycles.